The Morgan fingerprint density at radius 2 is 2.46 bits per heavy atom. The van der Waals surface area contributed by atoms with Crippen LogP contribution >= 0.6 is 0 Å². The quantitative estimate of drug-likeness (QED) is 0.499. The smallest absolute Gasteiger partial charge is 0.223 e. The molecule has 0 radical (unpaired) electrons. The predicted molar refractivity (Wildman–Crippen MR) is 53.3 cm³/mol. The molecule has 4 N–H and O–H groups in total. The third-order valence-corrected chi connectivity index (χ3v) is 1.84. The number of hydrogen-bond acceptors (Lipinski definition) is 4. The second-order valence-corrected chi connectivity index (χ2v) is 2.73. The molecule has 0 aromatic rings. The minimum absolute atomic E-state index is 0.0267. The van der Waals surface area contributed by atoms with Gasteiger partial charge in [0.2, 0.25) is 11.9 Å². The molecule has 1 aliphatic rings. The largest absolute Gasteiger partial charge is 0.369 e. The lowest BCUT2D eigenvalue weighted by Gasteiger charge is -2.33. The molecule has 0 amide bonds. The minimum Gasteiger partial charge on any atom is -0.369 e. The van der Waals surface area contributed by atoms with Gasteiger partial charge in [0.05, 0.1) is 0 Å². The van der Waals surface area contributed by atoms with Crippen molar-refractivity contribution in [1.82, 2.24) is 15.5 Å². The maximum absolute atomic E-state index is 5.68. The van der Waals surface area contributed by atoms with Gasteiger partial charge in [0.25, 0.3) is 0 Å². The number of nitrogens with zero attached hydrogens (tertiary/aromatic N) is 3. The van der Waals surface area contributed by atoms with Crippen molar-refractivity contribution in [2.75, 3.05) is 20.6 Å². The first kappa shape index (κ1) is 9.79. The van der Waals surface area contributed by atoms with Crippen LogP contribution in [0.25, 0.3) is 0 Å². The van der Waals surface area contributed by atoms with Crippen molar-refractivity contribution >= 4 is 11.9 Å². The van der Waals surface area contributed by atoms with Crippen LogP contribution in [0.2, 0.25) is 0 Å². The van der Waals surface area contributed by atoms with E-state index in [1.165, 1.54) is 0 Å². The monoisotopic (exact) mass is 184 g/mol. The second kappa shape index (κ2) is 4.08. The van der Waals surface area contributed by atoms with Crippen LogP contribution in [0, 0.1) is 0 Å². The normalized spacial score (nSPS) is 25.8. The maximum atomic E-state index is 5.68. The first-order chi connectivity index (χ1) is 6.19. The van der Waals surface area contributed by atoms with Gasteiger partial charge in [-0.3, -0.25) is 10.3 Å². The van der Waals surface area contributed by atoms with E-state index >= 15 is 0 Å². The molecule has 1 rings (SSSR count). The lowest BCUT2D eigenvalue weighted by Crippen LogP contribution is -2.61. The molecule has 0 saturated heterocycles. The summed E-state index contributed by atoms with van der Waals surface area (Å²) in [7, 11) is 3.54. The molecule has 6 nitrogen and oxygen atoms in total. The zero-order valence-corrected chi connectivity index (χ0v) is 8.20. The predicted octanol–water partition coefficient (Wildman–Crippen LogP) is -1.28. The van der Waals surface area contributed by atoms with Crippen molar-refractivity contribution in [2.24, 2.45) is 15.7 Å². The number of nitrogens with one attached hydrogen (secondary N) is 2. The van der Waals surface area contributed by atoms with Gasteiger partial charge in [-0.15, -0.1) is 0 Å². The Kier molecular flexibility index (Phi) is 3.07. The molecule has 0 spiro atoms. The van der Waals surface area contributed by atoms with Crippen molar-refractivity contribution < 1.29 is 0 Å². The first-order valence-electron chi connectivity index (χ1n) is 4.22. The van der Waals surface area contributed by atoms with Gasteiger partial charge in [0.15, 0.2) is 6.29 Å². The van der Waals surface area contributed by atoms with Crippen molar-refractivity contribution in [1.29, 1.82) is 0 Å². The fourth-order valence-electron chi connectivity index (χ4n) is 1.07. The summed E-state index contributed by atoms with van der Waals surface area (Å²) in [6.07, 6.45) is -0.0267. The first-order valence-corrected chi connectivity index (χ1v) is 4.22. The second-order valence-electron chi connectivity index (χ2n) is 2.73. The third-order valence-electron chi connectivity index (χ3n) is 1.84. The van der Waals surface area contributed by atoms with E-state index in [9.17, 15) is 0 Å². The van der Waals surface area contributed by atoms with E-state index in [0.29, 0.717) is 11.9 Å². The molecule has 1 unspecified atom stereocenters. The van der Waals surface area contributed by atoms with Crippen LogP contribution in [-0.2, 0) is 0 Å². The molecule has 74 valence electrons. The van der Waals surface area contributed by atoms with Gasteiger partial charge in [-0.05, 0) is 6.54 Å². The Bertz CT molecular complexity index is 233. The van der Waals surface area contributed by atoms with Gasteiger partial charge in [-0.1, -0.05) is 6.92 Å². The molecule has 1 heterocycles. The van der Waals surface area contributed by atoms with Crippen LogP contribution in [0.3, 0.4) is 0 Å². The van der Waals surface area contributed by atoms with Crippen molar-refractivity contribution in [3.05, 3.63) is 0 Å². The molecule has 0 aliphatic carbocycles. The standard InChI is InChI=1S/C7H16N6/c1-4-10-7-12-6(9-2)11-5(8)13(7)3/h7,10H,4H2,1-3H3,(H3,8,9,11,12). The molecule has 0 bridgehead atoms. The van der Waals surface area contributed by atoms with Crippen molar-refractivity contribution in [3.63, 3.8) is 0 Å². The highest BCUT2D eigenvalue weighted by molar-refractivity contribution is 5.96. The fraction of sp³-hybridized carbons (Fsp3) is 0.714. The van der Waals surface area contributed by atoms with Gasteiger partial charge < -0.3 is 16.0 Å². The molecule has 0 saturated carbocycles. The summed E-state index contributed by atoms with van der Waals surface area (Å²) in [4.78, 5) is 9.79. The van der Waals surface area contributed by atoms with E-state index in [0.717, 1.165) is 6.54 Å². The van der Waals surface area contributed by atoms with E-state index in [4.69, 9.17) is 5.73 Å². The molecule has 0 aromatic carbocycles. The topological polar surface area (TPSA) is 78.0 Å². The zero-order valence-electron chi connectivity index (χ0n) is 8.20. The van der Waals surface area contributed by atoms with E-state index < -0.39 is 0 Å². The average Bonchev–Trinajstić information content (AvgIpc) is 2.13. The zero-order chi connectivity index (χ0) is 9.84. The summed E-state index contributed by atoms with van der Waals surface area (Å²) in [5, 5.41) is 6.28. The summed E-state index contributed by atoms with van der Waals surface area (Å²) < 4.78 is 0. The Morgan fingerprint density at radius 1 is 1.77 bits per heavy atom. The molecular weight excluding hydrogens is 168 g/mol. The number of guanidine groups is 2. The van der Waals surface area contributed by atoms with Crippen LogP contribution in [0.5, 0.6) is 0 Å². The van der Waals surface area contributed by atoms with E-state index in [-0.39, 0.29) is 6.29 Å². The summed E-state index contributed by atoms with van der Waals surface area (Å²) in [5.41, 5.74) is 5.68. The average molecular weight is 184 g/mol. The highest BCUT2D eigenvalue weighted by Gasteiger charge is 2.21. The van der Waals surface area contributed by atoms with Crippen LogP contribution in [-0.4, -0.2) is 43.7 Å². The van der Waals surface area contributed by atoms with Gasteiger partial charge >= 0.3 is 0 Å². The Hall–Kier alpha value is -1.30. The Morgan fingerprint density at radius 3 is 3.00 bits per heavy atom. The summed E-state index contributed by atoms with van der Waals surface area (Å²) in [6, 6.07) is 0. The lowest BCUT2D eigenvalue weighted by atomic mass is 10.5. The summed E-state index contributed by atoms with van der Waals surface area (Å²) in [5.74, 6) is 1.02. The minimum atomic E-state index is -0.0267. The third kappa shape index (κ3) is 2.09. The highest BCUT2D eigenvalue weighted by Crippen LogP contribution is 1.96. The van der Waals surface area contributed by atoms with E-state index in [1.54, 1.807) is 7.05 Å². The highest BCUT2D eigenvalue weighted by atomic mass is 15.5. The number of rotatable bonds is 2. The van der Waals surface area contributed by atoms with Crippen LogP contribution in [0.1, 0.15) is 6.92 Å². The van der Waals surface area contributed by atoms with Crippen LogP contribution in [0.4, 0.5) is 0 Å². The van der Waals surface area contributed by atoms with Crippen LogP contribution < -0.4 is 16.4 Å². The molecule has 0 fully saturated rings. The Labute approximate surface area is 77.9 Å². The Balaban J connectivity index is 2.75. The fourth-order valence-corrected chi connectivity index (χ4v) is 1.07. The molecular formula is C7H16N6. The van der Waals surface area contributed by atoms with E-state index in [1.807, 2.05) is 18.9 Å². The maximum Gasteiger partial charge on any atom is 0.223 e. The molecule has 13 heavy (non-hydrogen) atoms. The van der Waals surface area contributed by atoms with Crippen LogP contribution in [0.15, 0.2) is 9.98 Å². The molecule has 1 atom stereocenters. The lowest BCUT2D eigenvalue weighted by molar-refractivity contribution is 0.278. The van der Waals surface area contributed by atoms with Gasteiger partial charge in [-0.25, -0.2) is 0 Å². The van der Waals surface area contributed by atoms with Gasteiger partial charge in [0, 0.05) is 14.1 Å². The molecule has 6 heteroatoms. The molecule has 0 aromatic heterocycles. The van der Waals surface area contributed by atoms with E-state index in [2.05, 4.69) is 20.6 Å². The van der Waals surface area contributed by atoms with Crippen molar-refractivity contribution in [2.45, 2.75) is 13.2 Å². The van der Waals surface area contributed by atoms with Crippen molar-refractivity contribution in [3.8, 4) is 0 Å². The number of aliphatic imine (C=N–C) groups is 2. The molecule has 1 aliphatic heterocycles. The van der Waals surface area contributed by atoms with Gasteiger partial charge in [0.1, 0.15) is 0 Å². The van der Waals surface area contributed by atoms with Gasteiger partial charge in [-0.2, -0.15) is 4.99 Å². The summed E-state index contributed by atoms with van der Waals surface area (Å²) in [6.45, 7) is 2.88. The SMILES string of the molecule is CCNC1NC(=NC)N=C(N)N1C. The number of nitrogens with two attached hydrogens (primary N) is 1. The summed E-state index contributed by atoms with van der Waals surface area (Å²) >= 11 is 0. The number of hydrogen-bond donors (Lipinski definition) is 3.